The van der Waals surface area contributed by atoms with E-state index in [1.54, 1.807) is 0 Å². The van der Waals surface area contributed by atoms with E-state index in [1.165, 1.54) is 0 Å². The fraction of sp³-hybridized carbons (Fsp3) is 0.471. The molecular formula is C17H21NO4P2. The number of piperidine rings is 1. The van der Waals surface area contributed by atoms with E-state index in [2.05, 4.69) is 23.8 Å². The number of hydrogen-bond donors (Lipinski definition) is 2. The van der Waals surface area contributed by atoms with Gasteiger partial charge in [0, 0.05) is 6.42 Å². The van der Waals surface area contributed by atoms with Gasteiger partial charge in [0.15, 0.2) is 0 Å². The standard InChI is InChI=1S/C17H21NO4P2/c19-13-6-5-12(16(20)18-13)11-4-2-9(14(23)15(11)24)7-8-1-3-10(8)17(21)22/h2,4,8,10,12H,1,3,5-7,23-24H2,(H,21,22)(H,18,19,20). The average molecular weight is 365 g/mol. The van der Waals surface area contributed by atoms with Crippen LogP contribution < -0.4 is 15.9 Å². The van der Waals surface area contributed by atoms with Crippen LogP contribution in [0.1, 0.15) is 42.7 Å². The fourth-order valence-electron chi connectivity index (χ4n) is 3.59. The Labute approximate surface area is 145 Å². The Bertz CT molecular complexity index is 719. The Morgan fingerprint density at radius 1 is 1.17 bits per heavy atom. The van der Waals surface area contributed by atoms with Crippen LogP contribution in [0.2, 0.25) is 0 Å². The molecule has 3 rings (SSSR count). The maximum absolute atomic E-state index is 12.1. The molecule has 2 amide bonds. The van der Waals surface area contributed by atoms with E-state index in [9.17, 15) is 19.5 Å². The summed E-state index contributed by atoms with van der Waals surface area (Å²) in [6.07, 6.45) is 3.33. The van der Waals surface area contributed by atoms with E-state index < -0.39 is 5.97 Å². The molecule has 1 saturated carbocycles. The van der Waals surface area contributed by atoms with Crippen LogP contribution in [-0.2, 0) is 20.8 Å². The summed E-state index contributed by atoms with van der Waals surface area (Å²) in [5.74, 6) is -1.52. The molecule has 7 heteroatoms. The second kappa shape index (κ2) is 6.90. The molecule has 0 radical (unpaired) electrons. The lowest BCUT2D eigenvalue weighted by molar-refractivity contribution is -0.147. The zero-order valence-electron chi connectivity index (χ0n) is 13.2. The molecule has 1 aliphatic carbocycles. The lowest BCUT2D eigenvalue weighted by Crippen LogP contribution is -2.41. The van der Waals surface area contributed by atoms with Gasteiger partial charge >= 0.3 is 5.97 Å². The van der Waals surface area contributed by atoms with Crippen LogP contribution in [0.15, 0.2) is 12.1 Å². The molecule has 1 heterocycles. The first-order valence-corrected chi connectivity index (χ1v) is 9.27. The van der Waals surface area contributed by atoms with Crippen LogP contribution in [0.3, 0.4) is 0 Å². The number of nitrogens with one attached hydrogen (secondary N) is 1. The smallest absolute Gasteiger partial charge is 0.306 e. The summed E-state index contributed by atoms with van der Waals surface area (Å²) in [6, 6.07) is 3.94. The van der Waals surface area contributed by atoms with Gasteiger partial charge in [0.25, 0.3) is 0 Å². The van der Waals surface area contributed by atoms with E-state index in [1.807, 2.05) is 12.1 Å². The highest BCUT2D eigenvalue weighted by molar-refractivity contribution is 7.36. The summed E-state index contributed by atoms with van der Waals surface area (Å²) in [7, 11) is 5.42. The van der Waals surface area contributed by atoms with E-state index in [-0.39, 0.29) is 29.6 Å². The third kappa shape index (κ3) is 3.25. The molecular weight excluding hydrogens is 344 g/mol. The number of benzene rings is 1. The number of carbonyl (C=O) groups is 3. The molecule has 2 N–H and O–H groups in total. The van der Waals surface area contributed by atoms with Crippen molar-refractivity contribution in [1.82, 2.24) is 5.32 Å². The predicted octanol–water partition coefficient (Wildman–Crippen LogP) is 0.861. The van der Waals surface area contributed by atoms with E-state index >= 15 is 0 Å². The Kier molecular flexibility index (Phi) is 5.03. The minimum Gasteiger partial charge on any atom is -0.481 e. The Morgan fingerprint density at radius 2 is 1.92 bits per heavy atom. The van der Waals surface area contributed by atoms with E-state index in [0.717, 1.165) is 41.0 Å². The van der Waals surface area contributed by atoms with Crippen molar-refractivity contribution in [2.45, 2.75) is 38.0 Å². The molecule has 5 unspecified atom stereocenters. The normalized spacial score (nSPS) is 26.7. The lowest BCUT2D eigenvalue weighted by atomic mass is 9.70. The highest BCUT2D eigenvalue weighted by Gasteiger charge is 2.37. The van der Waals surface area contributed by atoms with Gasteiger partial charge in [-0.3, -0.25) is 19.7 Å². The van der Waals surface area contributed by atoms with Crippen molar-refractivity contribution in [1.29, 1.82) is 0 Å². The first kappa shape index (κ1) is 17.5. The first-order chi connectivity index (χ1) is 11.4. The summed E-state index contributed by atoms with van der Waals surface area (Å²) in [5, 5.41) is 13.6. The maximum Gasteiger partial charge on any atom is 0.306 e. The highest BCUT2D eigenvalue weighted by Crippen LogP contribution is 2.37. The number of hydrogen-bond acceptors (Lipinski definition) is 3. The fourth-order valence-corrected chi connectivity index (χ4v) is 4.46. The third-order valence-corrected chi connectivity index (χ3v) is 6.90. The molecule has 5 atom stereocenters. The van der Waals surface area contributed by atoms with Crippen molar-refractivity contribution in [3.63, 3.8) is 0 Å². The molecule has 1 aliphatic heterocycles. The Balaban J connectivity index is 1.80. The van der Waals surface area contributed by atoms with Gasteiger partial charge in [-0.2, -0.15) is 0 Å². The summed E-state index contributed by atoms with van der Waals surface area (Å²) in [5.41, 5.74) is 2.03. The summed E-state index contributed by atoms with van der Waals surface area (Å²) < 4.78 is 0. The van der Waals surface area contributed by atoms with Gasteiger partial charge in [0.2, 0.25) is 11.8 Å². The quantitative estimate of drug-likeness (QED) is 0.613. The van der Waals surface area contributed by atoms with Gasteiger partial charge in [-0.25, -0.2) is 0 Å². The number of imide groups is 1. The third-order valence-electron chi connectivity index (χ3n) is 5.24. The first-order valence-electron chi connectivity index (χ1n) is 8.11. The van der Waals surface area contributed by atoms with Crippen molar-refractivity contribution in [2.75, 3.05) is 0 Å². The van der Waals surface area contributed by atoms with E-state index in [4.69, 9.17) is 0 Å². The summed E-state index contributed by atoms with van der Waals surface area (Å²) in [4.78, 5) is 34.6. The minimum atomic E-state index is -0.706. The number of amides is 2. The van der Waals surface area contributed by atoms with Crippen molar-refractivity contribution < 1.29 is 19.5 Å². The molecule has 1 saturated heterocycles. The SMILES string of the molecule is O=C1CCC(c2ccc(CC3CCC3C(=O)O)c(P)c2P)C(=O)N1. The zero-order chi connectivity index (χ0) is 17.4. The molecule has 24 heavy (non-hydrogen) atoms. The second-order valence-corrected chi connectivity index (χ2v) is 7.79. The average Bonchev–Trinajstić information content (AvgIpc) is 2.48. The highest BCUT2D eigenvalue weighted by atomic mass is 31.0. The van der Waals surface area contributed by atoms with Crippen LogP contribution >= 0.6 is 18.5 Å². The predicted molar refractivity (Wildman–Crippen MR) is 97.8 cm³/mol. The molecule has 0 aromatic heterocycles. The molecule has 2 aliphatic rings. The Morgan fingerprint density at radius 3 is 2.50 bits per heavy atom. The molecule has 128 valence electrons. The summed E-state index contributed by atoms with van der Waals surface area (Å²) in [6.45, 7) is 0. The molecule has 2 fully saturated rings. The maximum atomic E-state index is 12.1. The largest absolute Gasteiger partial charge is 0.481 e. The number of carboxylic acid groups (broad SMARTS) is 1. The van der Waals surface area contributed by atoms with Crippen LogP contribution in [0.5, 0.6) is 0 Å². The Hall–Kier alpha value is -1.31. The summed E-state index contributed by atoms with van der Waals surface area (Å²) >= 11 is 0. The van der Waals surface area contributed by atoms with Gasteiger partial charge in [0.05, 0.1) is 11.8 Å². The number of aliphatic carboxylic acids is 1. The van der Waals surface area contributed by atoms with Gasteiger partial charge in [0.1, 0.15) is 0 Å². The minimum absolute atomic E-state index is 0.188. The monoisotopic (exact) mass is 365 g/mol. The van der Waals surface area contributed by atoms with Crippen molar-refractivity contribution in [3.8, 4) is 0 Å². The molecule has 5 nitrogen and oxygen atoms in total. The van der Waals surface area contributed by atoms with Gasteiger partial charge < -0.3 is 5.11 Å². The number of carboxylic acids is 1. The topological polar surface area (TPSA) is 83.5 Å². The van der Waals surface area contributed by atoms with Crippen molar-refractivity contribution in [2.24, 2.45) is 11.8 Å². The molecule has 1 aromatic rings. The van der Waals surface area contributed by atoms with Gasteiger partial charge in [-0.05, 0) is 53.3 Å². The van der Waals surface area contributed by atoms with Crippen LogP contribution in [0.4, 0.5) is 0 Å². The van der Waals surface area contributed by atoms with Crippen LogP contribution in [-0.4, -0.2) is 22.9 Å². The molecule has 1 aromatic carbocycles. The number of rotatable bonds is 4. The lowest BCUT2D eigenvalue weighted by Gasteiger charge is -2.34. The molecule has 0 bridgehead atoms. The van der Waals surface area contributed by atoms with Gasteiger partial charge in [-0.15, -0.1) is 18.5 Å². The molecule has 0 spiro atoms. The zero-order valence-corrected chi connectivity index (χ0v) is 15.6. The van der Waals surface area contributed by atoms with Crippen molar-refractivity contribution >= 4 is 46.9 Å². The second-order valence-electron chi connectivity index (χ2n) is 6.63. The number of carbonyl (C=O) groups excluding carboxylic acids is 2. The van der Waals surface area contributed by atoms with Crippen LogP contribution in [0, 0.1) is 11.8 Å². The van der Waals surface area contributed by atoms with Crippen LogP contribution in [0.25, 0.3) is 0 Å². The van der Waals surface area contributed by atoms with Crippen molar-refractivity contribution in [3.05, 3.63) is 23.3 Å². The van der Waals surface area contributed by atoms with Gasteiger partial charge in [-0.1, -0.05) is 12.1 Å². The van der Waals surface area contributed by atoms with E-state index in [0.29, 0.717) is 12.8 Å².